The van der Waals surface area contributed by atoms with Gasteiger partial charge < -0.3 is 9.47 Å². The molecule has 21 heavy (non-hydrogen) atoms. The molecule has 0 amide bonds. The van der Waals surface area contributed by atoms with E-state index in [-0.39, 0.29) is 23.7 Å². The van der Waals surface area contributed by atoms with Crippen LogP contribution < -0.4 is 9.88 Å². The zero-order chi connectivity index (χ0) is 15.5. The molecule has 0 aliphatic rings. The van der Waals surface area contributed by atoms with E-state index < -0.39 is 16.0 Å². The summed E-state index contributed by atoms with van der Waals surface area (Å²) < 4.78 is 31.9. The fourth-order valence-corrected chi connectivity index (χ4v) is 2.19. The van der Waals surface area contributed by atoms with Crippen LogP contribution in [0.3, 0.4) is 0 Å². The summed E-state index contributed by atoms with van der Waals surface area (Å²) in [5.41, 5.74) is 0.241. The van der Waals surface area contributed by atoms with Crippen molar-refractivity contribution in [1.82, 2.24) is 0 Å². The summed E-state index contributed by atoms with van der Waals surface area (Å²) in [6.07, 6.45) is 0. The minimum atomic E-state index is -3.62. The lowest BCUT2D eigenvalue weighted by Gasteiger charge is -2.11. The lowest BCUT2D eigenvalue weighted by atomic mass is 10.1. The van der Waals surface area contributed by atoms with Crippen LogP contribution in [0.15, 0.2) is 36.4 Å². The number of methoxy groups -OCH3 is 1. The van der Waals surface area contributed by atoms with Crippen LogP contribution in [0.2, 0.25) is 0 Å². The lowest BCUT2D eigenvalue weighted by molar-refractivity contribution is 0.0596. The summed E-state index contributed by atoms with van der Waals surface area (Å²) in [4.78, 5) is 11.8. The molecule has 2 rings (SSSR count). The molecule has 0 saturated carbocycles. The Morgan fingerprint density at radius 3 is 2.38 bits per heavy atom. The first-order valence-electron chi connectivity index (χ1n) is 6.15. The molecule has 6 nitrogen and oxygen atoms in total. The van der Waals surface area contributed by atoms with Crippen LogP contribution in [0.5, 0.6) is 5.75 Å². The number of carbonyl (C=O) groups excluding carboxylic acids is 1. The molecule has 0 unspecified atom stereocenters. The predicted molar refractivity (Wildman–Crippen MR) is 78.8 cm³/mol. The fraction of sp³-hybridized carbons (Fsp3) is 0.214. The highest BCUT2D eigenvalue weighted by atomic mass is 32.2. The van der Waals surface area contributed by atoms with Gasteiger partial charge >= 0.3 is 5.97 Å². The first-order chi connectivity index (χ1) is 9.90. The molecule has 0 saturated heterocycles. The number of nitrogens with two attached hydrogens (primary N) is 1. The van der Waals surface area contributed by atoms with Gasteiger partial charge in [0, 0.05) is 0 Å². The second-order valence-corrected chi connectivity index (χ2v) is 6.14. The molecular formula is C14H15NO5S. The topological polar surface area (TPSA) is 95.7 Å². The number of carbonyl (C=O) groups is 1. The second kappa shape index (κ2) is 6.11. The molecule has 2 aromatic rings. The van der Waals surface area contributed by atoms with Gasteiger partial charge in [0.15, 0.2) is 0 Å². The van der Waals surface area contributed by atoms with Crippen molar-refractivity contribution in [1.29, 1.82) is 0 Å². The third-order valence-corrected chi connectivity index (χ3v) is 3.61. The van der Waals surface area contributed by atoms with E-state index in [9.17, 15) is 13.2 Å². The molecular weight excluding hydrogens is 294 g/mol. The maximum atomic E-state index is 11.8. The Labute approximate surface area is 122 Å². The number of esters is 1. The van der Waals surface area contributed by atoms with Crippen LogP contribution in [0, 0.1) is 0 Å². The van der Waals surface area contributed by atoms with E-state index in [1.54, 1.807) is 12.1 Å². The quantitative estimate of drug-likeness (QED) is 0.840. The molecule has 112 valence electrons. The number of benzene rings is 2. The largest absolute Gasteiger partial charge is 0.492 e. The van der Waals surface area contributed by atoms with Gasteiger partial charge in [-0.3, -0.25) is 0 Å². The Morgan fingerprint density at radius 1 is 1.19 bits per heavy atom. The summed E-state index contributed by atoms with van der Waals surface area (Å²) in [6.45, 7) is -0.138. The third kappa shape index (κ3) is 3.93. The SMILES string of the molecule is COC(=O)c1cc2ccccc2cc1OCCS(N)(=O)=O. The van der Waals surface area contributed by atoms with E-state index >= 15 is 0 Å². The Kier molecular flexibility index (Phi) is 4.44. The standard InChI is InChI=1S/C14H15NO5S/c1-19-14(16)12-8-10-4-2-3-5-11(10)9-13(12)20-6-7-21(15,17)18/h2-5,8-9H,6-7H2,1H3,(H2,15,17,18). The molecule has 0 aliphatic heterocycles. The molecule has 0 heterocycles. The van der Waals surface area contributed by atoms with Crippen LogP contribution in [-0.2, 0) is 14.8 Å². The minimum Gasteiger partial charge on any atom is -0.492 e. The van der Waals surface area contributed by atoms with Gasteiger partial charge in [0.25, 0.3) is 0 Å². The number of sulfonamides is 1. The normalized spacial score (nSPS) is 11.3. The highest BCUT2D eigenvalue weighted by Crippen LogP contribution is 2.26. The van der Waals surface area contributed by atoms with Gasteiger partial charge in [-0.25, -0.2) is 18.4 Å². The summed E-state index contributed by atoms with van der Waals surface area (Å²) in [7, 11) is -2.35. The molecule has 0 atom stereocenters. The van der Waals surface area contributed by atoms with Crippen LogP contribution in [0.25, 0.3) is 10.8 Å². The van der Waals surface area contributed by atoms with Crippen molar-refractivity contribution in [2.75, 3.05) is 19.5 Å². The average molecular weight is 309 g/mol. The maximum absolute atomic E-state index is 11.8. The molecule has 0 aliphatic carbocycles. The van der Waals surface area contributed by atoms with Gasteiger partial charge in [-0.1, -0.05) is 24.3 Å². The minimum absolute atomic E-state index is 0.138. The second-order valence-electron chi connectivity index (χ2n) is 4.40. The van der Waals surface area contributed by atoms with Crippen molar-refractivity contribution >= 4 is 26.8 Å². The molecule has 0 spiro atoms. The van der Waals surface area contributed by atoms with Gasteiger partial charge in [0.05, 0.1) is 12.9 Å². The first kappa shape index (κ1) is 15.3. The van der Waals surface area contributed by atoms with Crippen molar-refractivity contribution in [3.05, 3.63) is 42.0 Å². The van der Waals surface area contributed by atoms with Gasteiger partial charge in [-0.05, 0) is 22.9 Å². The van der Waals surface area contributed by atoms with Gasteiger partial charge in [0.2, 0.25) is 10.0 Å². The lowest BCUT2D eigenvalue weighted by Crippen LogP contribution is -2.21. The predicted octanol–water partition coefficient (Wildman–Crippen LogP) is 1.29. The van der Waals surface area contributed by atoms with E-state index in [4.69, 9.17) is 14.6 Å². The van der Waals surface area contributed by atoms with E-state index in [1.165, 1.54) is 7.11 Å². The zero-order valence-corrected chi connectivity index (χ0v) is 12.2. The van der Waals surface area contributed by atoms with Crippen molar-refractivity contribution in [2.24, 2.45) is 5.14 Å². The molecule has 7 heteroatoms. The van der Waals surface area contributed by atoms with Crippen LogP contribution in [0.1, 0.15) is 10.4 Å². The smallest absolute Gasteiger partial charge is 0.341 e. The monoisotopic (exact) mass is 309 g/mol. The zero-order valence-electron chi connectivity index (χ0n) is 11.4. The summed E-state index contributed by atoms with van der Waals surface area (Å²) >= 11 is 0. The number of primary sulfonamides is 1. The van der Waals surface area contributed by atoms with Crippen molar-refractivity contribution < 1.29 is 22.7 Å². The highest BCUT2D eigenvalue weighted by Gasteiger charge is 2.15. The number of rotatable bonds is 5. The first-order valence-corrected chi connectivity index (χ1v) is 7.86. The van der Waals surface area contributed by atoms with E-state index in [0.717, 1.165) is 10.8 Å². The van der Waals surface area contributed by atoms with E-state index in [0.29, 0.717) is 0 Å². The third-order valence-electron chi connectivity index (χ3n) is 2.88. The molecule has 0 fully saturated rings. The van der Waals surface area contributed by atoms with Crippen LogP contribution in [0.4, 0.5) is 0 Å². The number of hydrogen-bond acceptors (Lipinski definition) is 5. The maximum Gasteiger partial charge on any atom is 0.341 e. The number of fused-ring (bicyclic) bond motifs is 1. The van der Waals surface area contributed by atoms with Gasteiger partial charge in [-0.2, -0.15) is 0 Å². The Bertz CT molecular complexity index is 770. The molecule has 0 aromatic heterocycles. The van der Waals surface area contributed by atoms with Crippen molar-refractivity contribution in [3.8, 4) is 5.75 Å². The summed E-state index contributed by atoms with van der Waals surface area (Å²) in [6, 6.07) is 10.7. The summed E-state index contributed by atoms with van der Waals surface area (Å²) in [5, 5.41) is 6.64. The molecule has 0 bridgehead atoms. The van der Waals surface area contributed by atoms with Crippen molar-refractivity contribution in [3.63, 3.8) is 0 Å². The Morgan fingerprint density at radius 2 is 1.81 bits per heavy atom. The van der Waals surface area contributed by atoms with Crippen LogP contribution >= 0.6 is 0 Å². The van der Waals surface area contributed by atoms with Gasteiger partial charge in [-0.15, -0.1) is 0 Å². The van der Waals surface area contributed by atoms with Crippen LogP contribution in [-0.4, -0.2) is 33.9 Å². The Hall–Kier alpha value is -2.12. The van der Waals surface area contributed by atoms with Gasteiger partial charge in [0.1, 0.15) is 17.9 Å². The summed E-state index contributed by atoms with van der Waals surface area (Å²) in [5.74, 6) is -0.615. The number of ether oxygens (including phenoxy) is 2. The average Bonchev–Trinajstić information content (AvgIpc) is 2.44. The Balaban J connectivity index is 2.36. The fourth-order valence-electron chi connectivity index (χ4n) is 1.88. The molecule has 2 aromatic carbocycles. The van der Waals surface area contributed by atoms with Crippen molar-refractivity contribution in [2.45, 2.75) is 0 Å². The van der Waals surface area contributed by atoms with E-state index in [1.807, 2.05) is 24.3 Å². The highest BCUT2D eigenvalue weighted by molar-refractivity contribution is 7.89. The molecule has 2 N–H and O–H groups in total. The molecule has 0 radical (unpaired) electrons. The number of hydrogen-bond donors (Lipinski definition) is 1. The van der Waals surface area contributed by atoms with E-state index in [2.05, 4.69) is 0 Å².